The van der Waals surface area contributed by atoms with Crippen LogP contribution in [0.3, 0.4) is 0 Å². The fraction of sp³-hybridized carbons (Fsp3) is 0.0769. The Morgan fingerprint density at radius 1 is 0.647 bits per heavy atom. The quantitative estimate of drug-likeness (QED) is 0.601. The highest BCUT2D eigenvalue weighted by molar-refractivity contribution is 7.26. The topological polar surface area (TPSA) is 0 Å². The van der Waals surface area contributed by atoms with Gasteiger partial charge in [0.2, 0.25) is 0 Å². The lowest BCUT2D eigenvalue weighted by molar-refractivity contribution is 1.73. The first-order chi connectivity index (χ1) is 8.27. The van der Waals surface area contributed by atoms with Gasteiger partial charge < -0.3 is 0 Å². The van der Waals surface area contributed by atoms with E-state index in [0.29, 0.717) is 0 Å². The number of benzene rings is 2. The Labute approximate surface area is 115 Å². The lowest BCUT2D eigenvalue weighted by Gasteiger charge is -2.10. The largest absolute Gasteiger partial charge is 0.198 e. The van der Waals surface area contributed by atoms with Crippen LogP contribution >= 0.6 is 22.2 Å². The fourth-order valence-electron chi connectivity index (χ4n) is 1.58. The van der Waals surface area contributed by atoms with Crippen LogP contribution in [-0.4, -0.2) is 16.2 Å². The van der Waals surface area contributed by atoms with Crippen LogP contribution in [0.5, 0.6) is 0 Å². The third kappa shape index (κ3) is 3.71. The van der Waals surface area contributed by atoms with Crippen molar-refractivity contribution in [2.75, 3.05) is 0 Å². The van der Waals surface area contributed by atoms with E-state index in [0.717, 1.165) is 5.67 Å². The number of hydrogen-bond acceptors (Lipinski definition) is 0. The molecular formula is C13H12Cl2Si2. The molecule has 0 amide bonds. The Morgan fingerprint density at radius 2 is 1.00 bits per heavy atom. The number of hydrogen-bond donors (Lipinski definition) is 0. The summed E-state index contributed by atoms with van der Waals surface area (Å²) in [4.78, 5) is 0. The molecule has 0 N–H and O–H groups in total. The van der Waals surface area contributed by atoms with Gasteiger partial charge in [-0.25, -0.2) is 0 Å². The van der Waals surface area contributed by atoms with E-state index in [2.05, 4.69) is 24.3 Å². The third-order valence-electron chi connectivity index (χ3n) is 2.48. The van der Waals surface area contributed by atoms with E-state index in [1.54, 1.807) is 0 Å². The highest BCUT2D eigenvalue weighted by Gasteiger charge is 2.20. The first-order valence-corrected chi connectivity index (χ1v) is 10.8. The maximum absolute atomic E-state index is 6.49. The Bertz CT molecular complexity index is 404. The summed E-state index contributed by atoms with van der Waals surface area (Å²) in [6.45, 7) is 0. The van der Waals surface area contributed by atoms with Gasteiger partial charge in [-0.3, -0.25) is 0 Å². The van der Waals surface area contributed by atoms with Crippen LogP contribution < -0.4 is 10.4 Å². The average Bonchev–Trinajstić information content (AvgIpc) is 2.40. The molecule has 0 nitrogen and oxygen atoms in total. The summed E-state index contributed by atoms with van der Waals surface area (Å²) in [7, 11) is -2.06. The van der Waals surface area contributed by atoms with Crippen molar-refractivity contribution < 1.29 is 0 Å². The van der Waals surface area contributed by atoms with Crippen molar-refractivity contribution in [1.29, 1.82) is 0 Å². The molecule has 0 saturated carbocycles. The number of rotatable bonds is 4. The van der Waals surface area contributed by atoms with E-state index in [1.165, 1.54) is 10.4 Å². The zero-order valence-corrected chi connectivity index (χ0v) is 12.7. The predicted molar refractivity (Wildman–Crippen MR) is 80.2 cm³/mol. The molecule has 0 heterocycles. The van der Waals surface area contributed by atoms with Crippen molar-refractivity contribution in [3.05, 3.63) is 60.7 Å². The summed E-state index contributed by atoms with van der Waals surface area (Å²) >= 11 is 13.0. The van der Waals surface area contributed by atoms with E-state index in [4.69, 9.17) is 22.2 Å². The van der Waals surface area contributed by atoms with Gasteiger partial charge in [0.05, 0.1) is 0 Å². The Hall–Kier alpha value is -0.546. The molecule has 0 saturated heterocycles. The van der Waals surface area contributed by atoms with Crippen molar-refractivity contribution in [2.24, 2.45) is 0 Å². The molecule has 0 aliphatic carbocycles. The molecule has 0 aromatic heterocycles. The van der Waals surface area contributed by atoms with Crippen LogP contribution in [0.25, 0.3) is 0 Å². The molecule has 0 aliphatic heterocycles. The summed E-state index contributed by atoms with van der Waals surface area (Å²) in [5.74, 6) is 0. The van der Waals surface area contributed by atoms with E-state index in [9.17, 15) is 0 Å². The van der Waals surface area contributed by atoms with Gasteiger partial charge in [0.25, 0.3) is 0 Å². The molecule has 0 fully saturated rings. The maximum atomic E-state index is 6.49. The van der Waals surface area contributed by atoms with Crippen LogP contribution in [0.2, 0.25) is 5.67 Å². The summed E-state index contributed by atoms with van der Waals surface area (Å²) in [6, 6.07) is 20.5. The van der Waals surface area contributed by atoms with Gasteiger partial charge in [0.15, 0.2) is 16.2 Å². The average molecular weight is 295 g/mol. The molecule has 17 heavy (non-hydrogen) atoms. The SMILES string of the molecule is Cl[Si](C[Si](Cl)c1ccccc1)c1ccccc1. The molecular weight excluding hydrogens is 283 g/mol. The Morgan fingerprint density at radius 3 is 1.35 bits per heavy atom. The lowest BCUT2D eigenvalue weighted by atomic mass is 10.4. The fourth-order valence-corrected chi connectivity index (χ4v) is 9.19. The Balaban J connectivity index is 2.02. The minimum Gasteiger partial charge on any atom is -0.163 e. The zero-order chi connectivity index (χ0) is 12.1. The molecule has 0 bridgehead atoms. The van der Waals surface area contributed by atoms with Crippen molar-refractivity contribution in [3.8, 4) is 0 Å². The Kier molecular flexibility index (Phi) is 4.86. The normalized spacial score (nSPS) is 11.1. The van der Waals surface area contributed by atoms with E-state index >= 15 is 0 Å². The zero-order valence-electron chi connectivity index (χ0n) is 9.24. The first-order valence-electron chi connectivity index (χ1n) is 5.41. The molecule has 0 aliphatic rings. The van der Waals surface area contributed by atoms with E-state index in [-0.39, 0.29) is 0 Å². The second-order valence-electron chi connectivity index (χ2n) is 3.72. The lowest BCUT2D eigenvalue weighted by Crippen LogP contribution is -2.34. The molecule has 2 rings (SSSR count). The van der Waals surface area contributed by atoms with Crippen LogP contribution in [0, 0.1) is 0 Å². The second-order valence-corrected chi connectivity index (χ2v) is 10.6. The van der Waals surface area contributed by atoms with E-state index in [1.807, 2.05) is 36.4 Å². The first kappa shape index (κ1) is 12.9. The van der Waals surface area contributed by atoms with Gasteiger partial charge >= 0.3 is 0 Å². The van der Waals surface area contributed by atoms with Gasteiger partial charge in [-0.05, 0) is 16.0 Å². The van der Waals surface area contributed by atoms with Crippen molar-refractivity contribution in [2.45, 2.75) is 5.67 Å². The van der Waals surface area contributed by atoms with Gasteiger partial charge in [0, 0.05) is 0 Å². The summed E-state index contributed by atoms with van der Waals surface area (Å²) in [6.07, 6.45) is 0. The highest BCUT2D eigenvalue weighted by Crippen LogP contribution is 2.07. The summed E-state index contributed by atoms with van der Waals surface area (Å²) in [5.41, 5.74) is 0.937. The van der Waals surface area contributed by atoms with Crippen molar-refractivity contribution >= 4 is 48.7 Å². The summed E-state index contributed by atoms with van der Waals surface area (Å²) < 4.78 is 0. The molecule has 0 spiro atoms. The predicted octanol–water partition coefficient (Wildman–Crippen LogP) is 2.80. The maximum Gasteiger partial charge on any atom is 0.198 e. The summed E-state index contributed by atoms with van der Waals surface area (Å²) in [5, 5.41) is 2.50. The standard InChI is InChI=1S/C13H12Cl2Si2/c14-16(12-7-3-1-4-8-12)11-17(15)13-9-5-2-6-10-13/h1-10H,11H2. The molecule has 2 radical (unpaired) electrons. The van der Waals surface area contributed by atoms with Gasteiger partial charge in [-0.1, -0.05) is 60.7 Å². The van der Waals surface area contributed by atoms with Crippen LogP contribution in [0.15, 0.2) is 60.7 Å². The third-order valence-corrected chi connectivity index (χ3v) is 10.6. The second kappa shape index (κ2) is 6.40. The molecule has 2 aromatic rings. The minimum absolute atomic E-state index is 0.937. The van der Waals surface area contributed by atoms with Crippen molar-refractivity contribution in [3.63, 3.8) is 0 Å². The highest BCUT2D eigenvalue weighted by atomic mass is 35.6. The number of halogens is 2. The molecule has 4 heteroatoms. The van der Waals surface area contributed by atoms with Crippen LogP contribution in [-0.2, 0) is 0 Å². The van der Waals surface area contributed by atoms with Crippen molar-refractivity contribution in [1.82, 2.24) is 0 Å². The molecule has 2 aromatic carbocycles. The van der Waals surface area contributed by atoms with Crippen LogP contribution in [0.4, 0.5) is 0 Å². The smallest absolute Gasteiger partial charge is 0.163 e. The molecule has 0 unspecified atom stereocenters. The monoisotopic (exact) mass is 294 g/mol. The minimum atomic E-state index is -1.03. The van der Waals surface area contributed by atoms with E-state index < -0.39 is 16.2 Å². The van der Waals surface area contributed by atoms with Crippen LogP contribution in [0.1, 0.15) is 0 Å². The van der Waals surface area contributed by atoms with Gasteiger partial charge in [-0.15, -0.1) is 0 Å². The molecule has 86 valence electrons. The van der Waals surface area contributed by atoms with Gasteiger partial charge in [0.1, 0.15) is 0 Å². The van der Waals surface area contributed by atoms with Gasteiger partial charge in [-0.2, -0.15) is 22.2 Å². The molecule has 0 atom stereocenters.